The fraction of sp³-hybridized carbons (Fsp3) is 0.375. The van der Waals surface area contributed by atoms with Crippen molar-refractivity contribution in [2.24, 2.45) is 17.8 Å². The van der Waals surface area contributed by atoms with Crippen molar-refractivity contribution >= 4 is 5.97 Å². The van der Waals surface area contributed by atoms with E-state index in [9.17, 15) is 9.90 Å². The number of carbonyl (C=O) groups is 1. The van der Waals surface area contributed by atoms with Crippen LogP contribution in [0.15, 0.2) is 72.1 Å². The second-order valence-corrected chi connectivity index (χ2v) is 7.79. The van der Waals surface area contributed by atoms with E-state index in [1.807, 2.05) is 24.3 Å². The van der Waals surface area contributed by atoms with Gasteiger partial charge in [0, 0.05) is 6.92 Å². The highest BCUT2D eigenvalue weighted by atomic mass is 16.5. The maximum atomic E-state index is 11.2. The molecule has 0 spiro atoms. The fourth-order valence-electron chi connectivity index (χ4n) is 5.00. The minimum Gasteiger partial charge on any atom is -0.508 e. The second-order valence-electron chi connectivity index (χ2n) is 7.79. The van der Waals surface area contributed by atoms with Gasteiger partial charge in [0.15, 0.2) is 0 Å². The number of carbonyl (C=O) groups excluding carboxylic acids is 1. The lowest BCUT2D eigenvalue weighted by Crippen LogP contribution is -2.33. The molecule has 1 N–H and O–H groups in total. The van der Waals surface area contributed by atoms with Crippen LogP contribution in [0, 0.1) is 17.8 Å². The Hall–Kier alpha value is -2.55. The van der Waals surface area contributed by atoms with Gasteiger partial charge in [0.05, 0.1) is 0 Å². The van der Waals surface area contributed by atoms with Gasteiger partial charge in [-0.15, -0.1) is 0 Å². The Bertz CT molecular complexity index is 826. The summed E-state index contributed by atoms with van der Waals surface area (Å²) in [6.07, 6.45) is 17.0. The van der Waals surface area contributed by atoms with Crippen molar-refractivity contribution in [3.63, 3.8) is 0 Å². The molecular weight excluding hydrogens is 336 g/mol. The first-order valence-corrected chi connectivity index (χ1v) is 9.83. The van der Waals surface area contributed by atoms with Crippen LogP contribution in [0.25, 0.3) is 0 Å². The Morgan fingerprint density at radius 2 is 1.96 bits per heavy atom. The van der Waals surface area contributed by atoms with Gasteiger partial charge in [-0.25, -0.2) is 0 Å². The van der Waals surface area contributed by atoms with Crippen LogP contribution in [0.2, 0.25) is 0 Å². The zero-order valence-corrected chi connectivity index (χ0v) is 15.7. The summed E-state index contributed by atoms with van der Waals surface area (Å²) in [6.45, 7) is 1.42. The van der Waals surface area contributed by atoms with Gasteiger partial charge in [0.1, 0.15) is 11.5 Å². The number of aliphatic hydroxyl groups excluding tert-OH is 1. The van der Waals surface area contributed by atoms with E-state index in [0.29, 0.717) is 35.2 Å². The predicted molar refractivity (Wildman–Crippen MR) is 107 cm³/mol. The van der Waals surface area contributed by atoms with Crippen molar-refractivity contribution < 1.29 is 14.6 Å². The van der Waals surface area contributed by atoms with Gasteiger partial charge in [-0.1, -0.05) is 42.0 Å². The zero-order chi connectivity index (χ0) is 18.8. The molecule has 1 fully saturated rings. The summed E-state index contributed by atoms with van der Waals surface area (Å²) in [5.41, 5.74) is 2.67. The predicted octanol–water partition coefficient (Wildman–Crippen LogP) is 5.63. The van der Waals surface area contributed by atoms with Crippen LogP contribution in [0.1, 0.15) is 44.1 Å². The van der Waals surface area contributed by atoms with Gasteiger partial charge in [-0.2, -0.15) is 0 Å². The minimum atomic E-state index is -0.296. The molecule has 0 aromatic heterocycles. The Morgan fingerprint density at radius 1 is 1.15 bits per heavy atom. The zero-order valence-electron chi connectivity index (χ0n) is 15.7. The first kappa shape index (κ1) is 17.8. The van der Waals surface area contributed by atoms with E-state index in [-0.39, 0.29) is 5.97 Å². The summed E-state index contributed by atoms with van der Waals surface area (Å²) in [4.78, 5) is 11.2. The molecular formula is C24H26O3. The molecule has 0 heterocycles. The van der Waals surface area contributed by atoms with Crippen molar-refractivity contribution in [1.29, 1.82) is 0 Å². The molecule has 3 aliphatic rings. The van der Waals surface area contributed by atoms with E-state index < -0.39 is 0 Å². The first-order valence-electron chi connectivity index (χ1n) is 9.83. The number of allylic oxidation sites excluding steroid dienone is 7. The van der Waals surface area contributed by atoms with Gasteiger partial charge in [-0.05, 0) is 79.2 Å². The molecule has 4 rings (SSSR count). The lowest BCUT2D eigenvalue weighted by atomic mass is 9.60. The monoisotopic (exact) mass is 362 g/mol. The van der Waals surface area contributed by atoms with Crippen molar-refractivity contribution in [2.45, 2.75) is 38.5 Å². The summed E-state index contributed by atoms with van der Waals surface area (Å²) in [5.74, 6) is 2.66. The maximum Gasteiger partial charge on any atom is 0.308 e. The van der Waals surface area contributed by atoms with Crippen LogP contribution < -0.4 is 4.74 Å². The molecule has 1 aromatic rings. The normalized spacial score (nSPS) is 29.5. The Morgan fingerprint density at radius 3 is 2.67 bits per heavy atom. The SMILES string of the molecule is CC(=O)Oc1ccc(C2C(C3C=CC=CC3)CCC3=CC(O)=CC[C@H]32)cc1. The van der Waals surface area contributed by atoms with Crippen molar-refractivity contribution in [3.8, 4) is 5.75 Å². The quantitative estimate of drug-likeness (QED) is 0.560. The van der Waals surface area contributed by atoms with Crippen LogP contribution in [0.5, 0.6) is 5.75 Å². The Balaban J connectivity index is 1.66. The van der Waals surface area contributed by atoms with Crippen LogP contribution in [-0.2, 0) is 4.79 Å². The minimum absolute atomic E-state index is 0.296. The number of ether oxygens (including phenoxy) is 1. The largest absolute Gasteiger partial charge is 0.508 e. The molecule has 3 nitrogen and oxygen atoms in total. The Labute approximate surface area is 160 Å². The number of hydrogen-bond donors (Lipinski definition) is 1. The van der Waals surface area contributed by atoms with E-state index in [1.165, 1.54) is 18.1 Å². The summed E-state index contributed by atoms with van der Waals surface area (Å²) in [5, 5.41) is 9.96. The average Bonchev–Trinajstić information content (AvgIpc) is 2.68. The highest BCUT2D eigenvalue weighted by Crippen LogP contribution is 2.51. The summed E-state index contributed by atoms with van der Waals surface area (Å²) in [7, 11) is 0. The van der Waals surface area contributed by atoms with Gasteiger partial charge in [-0.3, -0.25) is 4.79 Å². The third-order valence-electron chi connectivity index (χ3n) is 6.14. The van der Waals surface area contributed by atoms with E-state index in [2.05, 4.69) is 36.4 Å². The molecule has 4 atom stereocenters. The number of benzene rings is 1. The average molecular weight is 362 g/mol. The number of aliphatic hydroxyl groups is 1. The van der Waals surface area contributed by atoms with E-state index in [4.69, 9.17) is 4.74 Å². The Kier molecular flexibility index (Phi) is 5.02. The lowest BCUT2D eigenvalue weighted by Gasteiger charge is -2.44. The molecule has 0 aliphatic heterocycles. The van der Waals surface area contributed by atoms with Crippen LogP contribution in [0.3, 0.4) is 0 Å². The van der Waals surface area contributed by atoms with Crippen molar-refractivity contribution in [3.05, 3.63) is 77.6 Å². The third-order valence-corrected chi connectivity index (χ3v) is 6.14. The van der Waals surface area contributed by atoms with Crippen molar-refractivity contribution in [2.75, 3.05) is 0 Å². The molecule has 0 radical (unpaired) electrons. The number of hydrogen-bond acceptors (Lipinski definition) is 3. The molecule has 0 saturated heterocycles. The molecule has 1 saturated carbocycles. The molecule has 27 heavy (non-hydrogen) atoms. The molecule has 0 bridgehead atoms. The van der Waals surface area contributed by atoms with Crippen LogP contribution in [0.4, 0.5) is 0 Å². The van der Waals surface area contributed by atoms with Crippen molar-refractivity contribution in [1.82, 2.24) is 0 Å². The fourth-order valence-corrected chi connectivity index (χ4v) is 5.00. The molecule has 0 amide bonds. The van der Waals surface area contributed by atoms with Gasteiger partial charge in [0.2, 0.25) is 0 Å². The van der Waals surface area contributed by atoms with Crippen LogP contribution >= 0.6 is 0 Å². The van der Waals surface area contributed by atoms with Crippen LogP contribution in [-0.4, -0.2) is 11.1 Å². The summed E-state index contributed by atoms with van der Waals surface area (Å²) < 4.78 is 5.21. The van der Waals surface area contributed by atoms with Gasteiger partial charge < -0.3 is 9.84 Å². The van der Waals surface area contributed by atoms with E-state index in [0.717, 1.165) is 25.7 Å². The topological polar surface area (TPSA) is 46.5 Å². The lowest BCUT2D eigenvalue weighted by molar-refractivity contribution is -0.131. The number of rotatable bonds is 3. The molecule has 1 aromatic carbocycles. The van der Waals surface area contributed by atoms with E-state index >= 15 is 0 Å². The second kappa shape index (κ2) is 7.59. The highest BCUT2D eigenvalue weighted by molar-refractivity contribution is 5.69. The van der Waals surface area contributed by atoms with Gasteiger partial charge in [0.25, 0.3) is 0 Å². The maximum absolute atomic E-state index is 11.2. The molecule has 3 heteroatoms. The standard InChI is InChI=1S/C24H26O3/c1-16(25)27-21-11-7-18(8-12-21)24-22(17-5-3-2-4-6-17)13-9-19-15-20(26)10-14-23(19)24/h2-5,7-8,10-12,15,17,22-24,26H,6,9,13-14H2,1H3/t17?,22?,23-,24?/m1/s1. The van der Waals surface area contributed by atoms with Gasteiger partial charge >= 0.3 is 5.97 Å². The van der Waals surface area contributed by atoms with E-state index in [1.54, 1.807) is 0 Å². The molecule has 3 aliphatic carbocycles. The first-order chi connectivity index (χ1) is 13.1. The third kappa shape index (κ3) is 3.78. The summed E-state index contributed by atoms with van der Waals surface area (Å²) >= 11 is 0. The summed E-state index contributed by atoms with van der Waals surface area (Å²) in [6, 6.07) is 8.02. The molecule has 140 valence electrons. The molecule has 3 unspecified atom stereocenters. The number of fused-ring (bicyclic) bond motifs is 1. The highest BCUT2D eigenvalue weighted by Gasteiger charge is 2.40. The smallest absolute Gasteiger partial charge is 0.308 e. The number of esters is 1.